The summed E-state index contributed by atoms with van der Waals surface area (Å²) >= 11 is 5.13. The number of pyridine rings is 1. The van der Waals surface area contributed by atoms with Gasteiger partial charge in [-0.25, -0.2) is 4.98 Å². The molecule has 0 aliphatic heterocycles. The van der Waals surface area contributed by atoms with Gasteiger partial charge in [-0.2, -0.15) is 0 Å². The average Bonchev–Trinajstić information content (AvgIpc) is 2.18. The first-order valence-corrected chi connectivity index (χ1v) is 5.61. The Balaban J connectivity index is 2.37. The van der Waals surface area contributed by atoms with Gasteiger partial charge >= 0.3 is 0 Å². The van der Waals surface area contributed by atoms with Gasteiger partial charge in [0.05, 0.1) is 0 Å². The first kappa shape index (κ1) is 11.9. The zero-order chi connectivity index (χ0) is 11.1. The second-order valence-corrected chi connectivity index (χ2v) is 3.81. The summed E-state index contributed by atoms with van der Waals surface area (Å²) in [6.45, 7) is 5.02. The molecule has 0 saturated heterocycles. The average molecular weight is 223 g/mol. The van der Waals surface area contributed by atoms with Crippen LogP contribution in [0.25, 0.3) is 0 Å². The van der Waals surface area contributed by atoms with Gasteiger partial charge < -0.3 is 10.6 Å². The molecule has 0 aromatic carbocycles. The van der Waals surface area contributed by atoms with E-state index >= 15 is 0 Å². The minimum Gasteiger partial charge on any atom is -0.362 e. The van der Waals surface area contributed by atoms with Gasteiger partial charge in [0.25, 0.3) is 0 Å². The van der Waals surface area contributed by atoms with Crippen LogP contribution in [0.15, 0.2) is 18.2 Å². The first-order valence-electron chi connectivity index (χ1n) is 5.21. The van der Waals surface area contributed by atoms with Gasteiger partial charge in [0.1, 0.15) is 5.82 Å². The van der Waals surface area contributed by atoms with Crippen LogP contribution in [-0.4, -0.2) is 16.6 Å². The van der Waals surface area contributed by atoms with Crippen LogP contribution in [0, 0.1) is 6.92 Å². The fourth-order valence-corrected chi connectivity index (χ4v) is 1.36. The minimum absolute atomic E-state index is 0.640. The monoisotopic (exact) mass is 223 g/mol. The van der Waals surface area contributed by atoms with Gasteiger partial charge in [-0.3, -0.25) is 0 Å². The van der Waals surface area contributed by atoms with Crippen molar-refractivity contribution in [2.24, 2.45) is 0 Å². The highest BCUT2D eigenvalue weighted by molar-refractivity contribution is 7.80. The summed E-state index contributed by atoms with van der Waals surface area (Å²) in [7, 11) is 0. The first-order chi connectivity index (χ1) is 7.22. The molecule has 0 radical (unpaired) electrons. The third-order valence-corrected chi connectivity index (χ3v) is 2.19. The van der Waals surface area contributed by atoms with Crippen LogP contribution in [0.1, 0.15) is 25.5 Å². The van der Waals surface area contributed by atoms with E-state index < -0.39 is 0 Å². The summed E-state index contributed by atoms with van der Waals surface area (Å²) in [6.07, 6.45) is 2.29. The van der Waals surface area contributed by atoms with Gasteiger partial charge in [-0.05, 0) is 37.7 Å². The fraction of sp³-hybridized carbons (Fsp3) is 0.455. The number of aryl methyl sites for hydroxylation is 1. The lowest BCUT2D eigenvalue weighted by atomic mass is 10.3. The number of hydrogen-bond donors (Lipinski definition) is 2. The van der Waals surface area contributed by atoms with E-state index in [-0.39, 0.29) is 0 Å². The molecule has 0 atom stereocenters. The van der Waals surface area contributed by atoms with Crippen molar-refractivity contribution in [3.63, 3.8) is 0 Å². The Hall–Kier alpha value is -1.16. The Morgan fingerprint density at radius 3 is 2.93 bits per heavy atom. The van der Waals surface area contributed by atoms with Gasteiger partial charge in [0.15, 0.2) is 5.11 Å². The maximum atomic E-state index is 5.13. The number of thiocarbonyl (C=S) groups is 1. The quantitative estimate of drug-likeness (QED) is 0.607. The highest BCUT2D eigenvalue weighted by Crippen LogP contribution is 2.03. The molecule has 4 heteroatoms. The minimum atomic E-state index is 0.640. The van der Waals surface area contributed by atoms with Crippen molar-refractivity contribution in [3.8, 4) is 0 Å². The standard InChI is InChI=1S/C11H17N3S/c1-3-4-8-12-11(15)14-10-7-5-6-9(2)13-10/h5-7H,3-4,8H2,1-2H3,(H2,12,13,14,15). The zero-order valence-electron chi connectivity index (χ0n) is 9.21. The Morgan fingerprint density at radius 1 is 1.47 bits per heavy atom. The summed E-state index contributed by atoms with van der Waals surface area (Å²) in [5.74, 6) is 0.795. The van der Waals surface area contributed by atoms with Gasteiger partial charge in [-0.15, -0.1) is 0 Å². The summed E-state index contributed by atoms with van der Waals surface area (Å²) in [6, 6.07) is 5.82. The van der Waals surface area contributed by atoms with Crippen molar-refractivity contribution in [3.05, 3.63) is 23.9 Å². The molecule has 15 heavy (non-hydrogen) atoms. The lowest BCUT2D eigenvalue weighted by Gasteiger charge is -2.09. The largest absolute Gasteiger partial charge is 0.362 e. The molecule has 1 aromatic heterocycles. The van der Waals surface area contributed by atoms with E-state index in [0.717, 1.165) is 30.9 Å². The lowest BCUT2D eigenvalue weighted by Crippen LogP contribution is -2.29. The van der Waals surface area contributed by atoms with Crippen LogP contribution < -0.4 is 10.6 Å². The Morgan fingerprint density at radius 2 is 2.27 bits per heavy atom. The number of nitrogens with one attached hydrogen (secondary N) is 2. The number of anilines is 1. The van der Waals surface area contributed by atoms with E-state index in [1.807, 2.05) is 25.1 Å². The molecule has 0 aliphatic carbocycles. The smallest absolute Gasteiger partial charge is 0.171 e. The van der Waals surface area contributed by atoms with Crippen molar-refractivity contribution in [2.45, 2.75) is 26.7 Å². The third-order valence-electron chi connectivity index (χ3n) is 1.95. The number of hydrogen-bond acceptors (Lipinski definition) is 2. The molecule has 3 nitrogen and oxygen atoms in total. The van der Waals surface area contributed by atoms with Crippen molar-refractivity contribution in [1.29, 1.82) is 0 Å². The van der Waals surface area contributed by atoms with Crippen LogP contribution >= 0.6 is 12.2 Å². The van der Waals surface area contributed by atoms with Gasteiger partial charge in [0.2, 0.25) is 0 Å². The van der Waals surface area contributed by atoms with Crippen LogP contribution in [0.3, 0.4) is 0 Å². The van der Waals surface area contributed by atoms with E-state index in [1.54, 1.807) is 0 Å². The summed E-state index contributed by atoms with van der Waals surface area (Å²) in [5.41, 5.74) is 0.983. The van der Waals surface area contributed by atoms with Gasteiger partial charge in [0, 0.05) is 12.2 Å². The summed E-state index contributed by atoms with van der Waals surface area (Å²) < 4.78 is 0. The molecular formula is C11H17N3S. The highest BCUT2D eigenvalue weighted by atomic mass is 32.1. The fourth-order valence-electron chi connectivity index (χ4n) is 1.15. The van der Waals surface area contributed by atoms with Crippen molar-refractivity contribution in [2.75, 3.05) is 11.9 Å². The SMILES string of the molecule is CCCCNC(=S)Nc1cccc(C)n1. The molecule has 0 amide bonds. The molecular weight excluding hydrogens is 206 g/mol. The molecule has 0 spiro atoms. The molecule has 0 unspecified atom stereocenters. The second kappa shape index (κ2) is 6.35. The molecule has 1 aromatic rings. The molecule has 2 N–H and O–H groups in total. The highest BCUT2D eigenvalue weighted by Gasteiger charge is 1.97. The zero-order valence-corrected chi connectivity index (χ0v) is 10.0. The number of rotatable bonds is 4. The Bertz CT molecular complexity index is 325. The van der Waals surface area contributed by atoms with E-state index in [9.17, 15) is 0 Å². The maximum absolute atomic E-state index is 5.13. The molecule has 0 aliphatic rings. The molecule has 1 heterocycles. The molecule has 82 valence electrons. The summed E-state index contributed by atoms with van der Waals surface area (Å²) in [5, 5.41) is 6.82. The molecule has 0 bridgehead atoms. The molecule has 0 fully saturated rings. The normalized spacial score (nSPS) is 9.73. The third kappa shape index (κ3) is 4.74. The van der Waals surface area contributed by atoms with Crippen LogP contribution in [-0.2, 0) is 0 Å². The van der Waals surface area contributed by atoms with Gasteiger partial charge in [-0.1, -0.05) is 19.4 Å². The summed E-state index contributed by atoms with van der Waals surface area (Å²) in [4.78, 5) is 4.30. The Labute approximate surface area is 96.3 Å². The predicted octanol–water partition coefficient (Wildman–Crippen LogP) is 2.48. The van der Waals surface area contributed by atoms with Crippen LogP contribution in [0.2, 0.25) is 0 Å². The molecule has 1 rings (SSSR count). The van der Waals surface area contributed by atoms with Crippen LogP contribution in [0.4, 0.5) is 5.82 Å². The van der Waals surface area contributed by atoms with Crippen molar-refractivity contribution < 1.29 is 0 Å². The topological polar surface area (TPSA) is 37.0 Å². The predicted molar refractivity (Wildman–Crippen MR) is 68.1 cm³/mol. The second-order valence-electron chi connectivity index (χ2n) is 3.40. The number of nitrogens with zero attached hydrogens (tertiary/aromatic N) is 1. The van der Waals surface area contributed by atoms with Crippen molar-refractivity contribution in [1.82, 2.24) is 10.3 Å². The van der Waals surface area contributed by atoms with Crippen molar-refractivity contribution >= 4 is 23.1 Å². The Kier molecular flexibility index (Phi) is 5.04. The molecule has 0 saturated carbocycles. The number of unbranched alkanes of at least 4 members (excludes halogenated alkanes) is 1. The number of aromatic nitrogens is 1. The van der Waals surface area contributed by atoms with E-state index in [4.69, 9.17) is 12.2 Å². The van der Waals surface area contributed by atoms with E-state index in [0.29, 0.717) is 5.11 Å². The lowest BCUT2D eigenvalue weighted by molar-refractivity contribution is 0.758. The maximum Gasteiger partial charge on any atom is 0.171 e. The van der Waals surface area contributed by atoms with Crippen LogP contribution in [0.5, 0.6) is 0 Å². The van der Waals surface area contributed by atoms with E-state index in [2.05, 4.69) is 22.5 Å². The van der Waals surface area contributed by atoms with E-state index in [1.165, 1.54) is 0 Å².